The van der Waals surface area contributed by atoms with Gasteiger partial charge in [-0.3, -0.25) is 6.08 Å². The second-order valence-corrected chi connectivity index (χ2v) is 8.16. The third kappa shape index (κ3) is 13.4. The van der Waals surface area contributed by atoms with E-state index in [1.165, 1.54) is 27.1 Å². The van der Waals surface area contributed by atoms with Gasteiger partial charge in [-0.15, -0.1) is 6.92 Å². The standard InChI is InChI=1S/C12H11Si.C9H13.C3H7NO.2ClH.Hf/c1-3-7-11(8-4-1)13-12-9-5-2-6-10-12;1-6-5-7(2)9(4)8(6)3;1-2-3(4)5;;;/h1-10,13H;6H,1-4H3;2H2,1H3,(H2,4,5);2*1H;/q;-1;;;;+4/p-3. The number of allylic oxidation sites excluding steroid dienone is 4. The summed E-state index contributed by atoms with van der Waals surface area (Å²) in [7, 11) is 0.271. The maximum Gasteiger partial charge on any atom is 4.00 e. The minimum Gasteiger partial charge on any atom is -1.00 e. The number of hydrogen-bond donors (Lipinski definition) is 0. The van der Waals surface area contributed by atoms with E-state index >= 15 is 0 Å². The van der Waals surface area contributed by atoms with E-state index in [0.717, 1.165) is 0 Å². The number of nitrogens with one attached hydrogen (secondary N) is 1. The Morgan fingerprint density at radius 2 is 1.30 bits per heavy atom. The van der Waals surface area contributed by atoms with Crippen LogP contribution in [0.25, 0.3) is 5.73 Å². The molecule has 159 valence electrons. The Bertz CT molecular complexity index is 743. The summed E-state index contributed by atoms with van der Waals surface area (Å²) in [6, 6.07) is 21.3. The van der Waals surface area contributed by atoms with Gasteiger partial charge in [0.25, 0.3) is 0 Å². The van der Waals surface area contributed by atoms with E-state index < -0.39 is 5.91 Å². The van der Waals surface area contributed by atoms with Crippen molar-refractivity contribution in [3.05, 3.63) is 89.2 Å². The first-order chi connectivity index (χ1) is 12.8. The summed E-state index contributed by atoms with van der Waals surface area (Å²) in [6.07, 6.45) is 3.69. The number of rotatable bonds is 3. The summed E-state index contributed by atoms with van der Waals surface area (Å²) >= 11 is 0. The molecule has 2 nitrogen and oxygen atoms in total. The van der Waals surface area contributed by atoms with Gasteiger partial charge in [0.15, 0.2) is 0 Å². The molecule has 3 rings (SSSR count). The number of hydrogen-bond acceptors (Lipinski definition) is 1. The Morgan fingerprint density at radius 1 is 0.933 bits per heavy atom. The van der Waals surface area contributed by atoms with Gasteiger partial charge in [0.1, 0.15) is 9.52 Å². The fourth-order valence-electron chi connectivity index (χ4n) is 2.45. The number of carbonyl (C=O) groups is 1. The average molecular weight is 626 g/mol. The maximum absolute atomic E-state index is 9.48. The second kappa shape index (κ2) is 18.8. The van der Waals surface area contributed by atoms with Crippen molar-refractivity contribution >= 4 is 25.8 Å². The third-order valence-corrected chi connectivity index (χ3v) is 5.93. The Kier molecular flexibility index (Phi) is 21.1. The van der Waals surface area contributed by atoms with Crippen LogP contribution in [0.3, 0.4) is 0 Å². The molecule has 0 aromatic heterocycles. The Morgan fingerprint density at radius 3 is 1.50 bits per heavy atom. The molecule has 1 amide bonds. The van der Waals surface area contributed by atoms with Gasteiger partial charge in [0.2, 0.25) is 0 Å². The molecule has 2 aromatic rings. The maximum atomic E-state index is 9.48. The molecule has 6 heteroatoms. The molecule has 0 spiro atoms. The van der Waals surface area contributed by atoms with E-state index in [1.54, 1.807) is 6.92 Å². The molecule has 1 aliphatic rings. The van der Waals surface area contributed by atoms with Crippen LogP contribution in [0.4, 0.5) is 0 Å². The molecule has 30 heavy (non-hydrogen) atoms. The predicted octanol–water partition coefficient (Wildman–Crippen LogP) is -1.22. The molecule has 0 aliphatic heterocycles. The average Bonchev–Trinajstić information content (AvgIpc) is 2.90. The van der Waals surface area contributed by atoms with Crippen molar-refractivity contribution in [3.63, 3.8) is 0 Å². The predicted molar refractivity (Wildman–Crippen MR) is 119 cm³/mol. The number of carbonyl (C=O) groups excluding carboxylic acids is 1. The van der Waals surface area contributed by atoms with Gasteiger partial charge in [0.05, 0.1) is 0 Å². The number of halogens is 2. The van der Waals surface area contributed by atoms with Crippen molar-refractivity contribution in [2.75, 3.05) is 0 Å². The van der Waals surface area contributed by atoms with Crippen LogP contribution >= 0.6 is 0 Å². The minimum absolute atomic E-state index is 0. The molecule has 1 aliphatic carbocycles. The van der Waals surface area contributed by atoms with Crippen LogP contribution in [-0.2, 0) is 30.6 Å². The zero-order valence-electron chi connectivity index (χ0n) is 18.3. The van der Waals surface area contributed by atoms with E-state index in [1.807, 2.05) is 0 Å². The first-order valence-corrected chi connectivity index (χ1v) is 10.5. The summed E-state index contributed by atoms with van der Waals surface area (Å²) in [6.45, 7) is 10.3. The quantitative estimate of drug-likeness (QED) is 0.312. The fraction of sp³-hybridized carbons (Fsp3) is 0.292. The van der Waals surface area contributed by atoms with Crippen molar-refractivity contribution in [1.82, 2.24) is 0 Å². The van der Waals surface area contributed by atoms with Crippen molar-refractivity contribution in [1.29, 1.82) is 0 Å². The molecule has 2 aromatic carbocycles. The fourth-order valence-corrected chi connectivity index (χ4v) is 3.67. The molecule has 0 fully saturated rings. The van der Waals surface area contributed by atoms with Gasteiger partial charge in [-0.2, -0.15) is 11.1 Å². The van der Waals surface area contributed by atoms with Crippen molar-refractivity contribution < 1.29 is 55.5 Å². The van der Waals surface area contributed by atoms with Gasteiger partial charge < -0.3 is 35.3 Å². The van der Waals surface area contributed by atoms with Crippen LogP contribution in [0.2, 0.25) is 0 Å². The molecular weight excluding hydrogens is 596 g/mol. The van der Waals surface area contributed by atoms with Crippen LogP contribution in [0.15, 0.2) is 77.4 Å². The topological polar surface area (TPSA) is 40.9 Å². The Balaban J connectivity index is -0.000000381. The van der Waals surface area contributed by atoms with E-state index in [9.17, 15) is 4.79 Å². The first kappa shape index (κ1) is 33.7. The van der Waals surface area contributed by atoms with E-state index in [2.05, 4.69) is 94.4 Å². The Hall–Kier alpha value is -0.943. The molecule has 0 saturated heterocycles. The normalized spacial score (nSPS) is 13.6. The number of benzene rings is 2. The van der Waals surface area contributed by atoms with E-state index in [0.29, 0.717) is 12.3 Å². The summed E-state index contributed by atoms with van der Waals surface area (Å²) in [5.41, 5.74) is 10.4. The summed E-state index contributed by atoms with van der Waals surface area (Å²) in [4.78, 5) is 9.48. The summed E-state index contributed by atoms with van der Waals surface area (Å²) in [5.74, 6) is 0.0648. The smallest absolute Gasteiger partial charge is 1.00 e. The van der Waals surface area contributed by atoms with Crippen LogP contribution in [-0.4, -0.2) is 15.4 Å². The van der Waals surface area contributed by atoms with Crippen molar-refractivity contribution in [2.45, 2.75) is 41.0 Å². The first-order valence-electron chi connectivity index (χ1n) is 9.32. The zero-order valence-corrected chi connectivity index (χ0v) is 24.6. The van der Waals surface area contributed by atoms with Crippen LogP contribution < -0.4 is 35.2 Å². The molecule has 1 atom stereocenters. The number of amides is 1. The van der Waals surface area contributed by atoms with Crippen LogP contribution in [0, 0.1) is 12.0 Å². The molecule has 0 bridgehead atoms. The molecule has 0 saturated carbocycles. The van der Waals surface area contributed by atoms with E-state index in [-0.39, 0.29) is 60.2 Å². The van der Waals surface area contributed by atoms with Crippen LogP contribution in [0.5, 0.6) is 0 Å². The van der Waals surface area contributed by atoms with Crippen LogP contribution in [0.1, 0.15) is 41.0 Å². The van der Waals surface area contributed by atoms with Gasteiger partial charge in [-0.25, -0.2) is 5.57 Å². The van der Waals surface area contributed by atoms with Gasteiger partial charge in [-0.05, 0) is 6.42 Å². The Labute approximate surface area is 216 Å². The van der Waals surface area contributed by atoms with Crippen molar-refractivity contribution in [3.8, 4) is 0 Å². The minimum atomic E-state index is -0.495. The van der Waals surface area contributed by atoms with Gasteiger partial charge in [-0.1, -0.05) is 105 Å². The summed E-state index contributed by atoms with van der Waals surface area (Å²) < 4.78 is 0. The molecule has 1 radical (unpaired) electrons. The molecule has 1 unspecified atom stereocenters. The molecule has 0 heterocycles. The largest absolute Gasteiger partial charge is 4.00 e. The van der Waals surface area contributed by atoms with E-state index in [4.69, 9.17) is 5.73 Å². The SMILES string of the molecule is CC1=[C-]C(C)C(C)=C1C.CCC([NH-])=O.[Cl-].[Cl-].[Hf+4].c1ccc([SiH]c2ccccc2)cc1. The third-order valence-electron chi connectivity index (χ3n) is 4.49. The zero-order chi connectivity index (χ0) is 20.2. The monoisotopic (exact) mass is 626 g/mol. The van der Waals surface area contributed by atoms with Gasteiger partial charge in [0, 0.05) is 5.91 Å². The second-order valence-electron chi connectivity index (χ2n) is 6.54. The molecule has 1 N–H and O–H groups in total. The summed E-state index contributed by atoms with van der Waals surface area (Å²) in [5, 5.41) is 2.90. The molecular formula is C24H30Cl2HfNOSi. The van der Waals surface area contributed by atoms with Crippen molar-refractivity contribution in [2.24, 2.45) is 5.92 Å². The van der Waals surface area contributed by atoms with Gasteiger partial charge >= 0.3 is 25.8 Å².